The van der Waals surface area contributed by atoms with Crippen molar-refractivity contribution in [3.05, 3.63) is 34.1 Å². The second-order valence-corrected chi connectivity index (χ2v) is 7.46. The zero-order valence-corrected chi connectivity index (χ0v) is 14.7. The molecular formula is C17H22N4O2S. The van der Waals surface area contributed by atoms with Crippen LogP contribution >= 0.6 is 11.3 Å². The average Bonchev–Trinajstić information content (AvgIpc) is 2.96. The van der Waals surface area contributed by atoms with E-state index < -0.39 is 0 Å². The summed E-state index contributed by atoms with van der Waals surface area (Å²) in [6.07, 6.45) is 4.31. The fourth-order valence-corrected chi connectivity index (χ4v) is 4.07. The van der Waals surface area contributed by atoms with Gasteiger partial charge in [0.1, 0.15) is 0 Å². The molecule has 2 aromatic rings. The van der Waals surface area contributed by atoms with Crippen LogP contribution in [0.15, 0.2) is 21.3 Å². The third-order valence-corrected chi connectivity index (χ3v) is 5.52. The minimum absolute atomic E-state index is 0.105. The summed E-state index contributed by atoms with van der Waals surface area (Å²) in [6.45, 7) is 3.89. The fourth-order valence-electron chi connectivity index (χ4n) is 3.41. The predicted molar refractivity (Wildman–Crippen MR) is 90.5 cm³/mol. The molecule has 0 N–H and O–H groups in total. The number of rotatable bonds is 6. The highest BCUT2D eigenvalue weighted by Crippen LogP contribution is 2.32. The molecule has 0 aromatic carbocycles. The quantitative estimate of drug-likeness (QED) is 0.805. The van der Waals surface area contributed by atoms with Gasteiger partial charge < -0.3 is 9.42 Å². The Hall–Kier alpha value is -1.73. The van der Waals surface area contributed by atoms with Gasteiger partial charge in [0.25, 0.3) is 0 Å². The van der Waals surface area contributed by atoms with Crippen LogP contribution in [0.1, 0.15) is 49.0 Å². The van der Waals surface area contributed by atoms with Gasteiger partial charge >= 0.3 is 0 Å². The Morgan fingerprint density at radius 1 is 1.46 bits per heavy atom. The van der Waals surface area contributed by atoms with Gasteiger partial charge in [-0.15, -0.1) is 0 Å². The molecular weight excluding hydrogens is 324 g/mol. The monoisotopic (exact) mass is 346 g/mol. The van der Waals surface area contributed by atoms with Gasteiger partial charge in [-0.2, -0.15) is 16.3 Å². The predicted octanol–water partition coefficient (Wildman–Crippen LogP) is 2.77. The summed E-state index contributed by atoms with van der Waals surface area (Å²) in [5, 5.41) is 8.25. The van der Waals surface area contributed by atoms with E-state index in [0.717, 1.165) is 38.8 Å². The summed E-state index contributed by atoms with van der Waals surface area (Å²) in [5.41, 5.74) is 1.23. The largest absolute Gasteiger partial charge is 0.340 e. The molecule has 1 aliphatic heterocycles. The van der Waals surface area contributed by atoms with Gasteiger partial charge in [0.05, 0.1) is 12.6 Å². The molecule has 1 saturated carbocycles. The lowest BCUT2D eigenvalue weighted by atomic mass is 10.2. The Morgan fingerprint density at radius 3 is 3.00 bits per heavy atom. The van der Waals surface area contributed by atoms with E-state index in [1.807, 2.05) is 0 Å². The van der Waals surface area contributed by atoms with E-state index in [2.05, 4.69) is 36.8 Å². The van der Waals surface area contributed by atoms with Crippen molar-refractivity contribution in [2.45, 2.75) is 51.2 Å². The summed E-state index contributed by atoms with van der Waals surface area (Å²) < 4.78 is 5.11. The molecule has 2 aromatic heterocycles. The molecule has 0 spiro atoms. The lowest BCUT2D eigenvalue weighted by Crippen LogP contribution is -2.41. The second kappa shape index (κ2) is 6.64. The third kappa shape index (κ3) is 3.37. The maximum atomic E-state index is 12.9. The number of aromatic nitrogens is 2. The van der Waals surface area contributed by atoms with E-state index in [9.17, 15) is 4.79 Å². The van der Waals surface area contributed by atoms with Crippen LogP contribution in [-0.4, -0.2) is 45.0 Å². The number of hydrogen-bond acceptors (Lipinski definition) is 6. The standard InChI is InChI=1S/C17H22N4O2S/c1-12-18-17(19-23-12)15-3-2-7-20(15)10-16(22)21(14-4-5-14)9-13-6-8-24-11-13/h6,8,11,14-15H,2-5,7,9-10H2,1H3. The Morgan fingerprint density at radius 2 is 2.33 bits per heavy atom. The second-order valence-electron chi connectivity index (χ2n) is 6.68. The molecule has 7 heteroatoms. The van der Waals surface area contributed by atoms with Crippen molar-refractivity contribution < 1.29 is 9.32 Å². The van der Waals surface area contributed by atoms with Gasteiger partial charge in [0.15, 0.2) is 5.82 Å². The van der Waals surface area contributed by atoms with E-state index in [4.69, 9.17) is 4.52 Å². The van der Waals surface area contributed by atoms with Gasteiger partial charge in [-0.3, -0.25) is 9.69 Å². The number of likely N-dealkylation sites (tertiary alicyclic amines) is 1. The summed E-state index contributed by atoms with van der Waals surface area (Å²) >= 11 is 1.68. The number of carbonyl (C=O) groups is 1. The summed E-state index contributed by atoms with van der Waals surface area (Å²) in [5.74, 6) is 1.52. The zero-order valence-electron chi connectivity index (χ0n) is 13.9. The Balaban J connectivity index is 1.43. The molecule has 1 amide bonds. The molecule has 128 valence electrons. The highest BCUT2D eigenvalue weighted by Gasteiger charge is 2.36. The first-order valence-electron chi connectivity index (χ1n) is 8.55. The molecule has 1 saturated heterocycles. The van der Waals surface area contributed by atoms with Crippen LogP contribution in [0.3, 0.4) is 0 Å². The van der Waals surface area contributed by atoms with Gasteiger partial charge in [-0.25, -0.2) is 0 Å². The fraction of sp³-hybridized carbons (Fsp3) is 0.588. The van der Waals surface area contributed by atoms with Gasteiger partial charge in [0.2, 0.25) is 11.8 Å². The number of aryl methyl sites for hydroxylation is 1. The van der Waals surface area contributed by atoms with Gasteiger partial charge in [0, 0.05) is 19.5 Å². The lowest BCUT2D eigenvalue weighted by molar-refractivity contribution is -0.134. The number of hydrogen-bond donors (Lipinski definition) is 0. The average molecular weight is 346 g/mol. The van der Waals surface area contributed by atoms with Crippen molar-refractivity contribution >= 4 is 17.2 Å². The molecule has 0 radical (unpaired) electrons. The first kappa shape index (κ1) is 15.8. The molecule has 3 heterocycles. The molecule has 1 atom stereocenters. The molecule has 1 aliphatic carbocycles. The molecule has 2 aliphatic rings. The Bertz CT molecular complexity index is 695. The van der Waals surface area contributed by atoms with Crippen molar-refractivity contribution in [1.82, 2.24) is 19.9 Å². The van der Waals surface area contributed by atoms with E-state index >= 15 is 0 Å². The van der Waals surface area contributed by atoms with E-state index in [1.54, 1.807) is 18.3 Å². The highest BCUT2D eigenvalue weighted by molar-refractivity contribution is 7.07. The van der Waals surface area contributed by atoms with Crippen molar-refractivity contribution in [3.63, 3.8) is 0 Å². The Labute approximate surface area is 145 Å². The van der Waals surface area contributed by atoms with Gasteiger partial charge in [-0.05, 0) is 54.6 Å². The van der Waals surface area contributed by atoms with Crippen LogP contribution in [0.5, 0.6) is 0 Å². The van der Waals surface area contributed by atoms with Crippen LogP contribution in [0.2, 0.25) is 0 Å². The molecule has 4 rings (SSSR count). The van der Waals surface area contributed by atoms with E-state index in [0.29, 0.717) is 24.3 Å². The topological polar surface area (TPSA) is 62.5 Å². The summed E-state index contributed by atoms with van der Waals surface area (Å²) in [7, 11) is 0. The molecule has 0 bridgehead atoms. The number of amides is 1. The van der Waals surface area contributed by atoms with Crippen molar-refractivity contribution in [2.75, 3.05) is 13.1 Å². The minimum atomic E-state index is 0.105. The molecule has 6 nitrogen and oxygen atoms in total. The molecule has 2 fully saturated rings. The third-order valence-electron chi connectivity index (χ3n) is 4.78. The molecule has 1 unspecified atom stereocenters. The van der Waals surface area contributed by atoms with Crippen molar-refractivity contribution in [3.8, 4) is 0 Å². The van der Waals surface area contributed by atoms with Crippen LogP contribution in [0.25, 0.3) is 0 Å². The summed E-state index contributed by atoms with van der Waals surface area (Å²) in [4.78, 5) is 21.5. The lowest BCUT2D eigenvalue weighted by Gasteiger charge is -2.27. The first-order valence-corrected chi connectivity index (χ1v) is 9.50. The van der Waals surface area contributed by atoms with Crippen LogP contribution in [-0.2, 0) is 11.3 Å². The van der Waals surface area contributed by atoms with Crippen LogP contribution in [0, 0.1) is 6.92 Å². The van der Waals surface area contributed by atoms with Crippen molar-refractivity contribution in [1.29, 1.82) is 0 Å². The number of nitrogens with zero attached hydrogens (tertiary/aromatic N) is 4. The van der Waals surface area contributed by atoms with Crippen LogP contribution in [0.4, 0.5) is 0 Å². The van der Waals surface area contributed by atoms with Crippen molar-refractivity contribution in [2.24, 2.45) is 0 Å². The Kier molecular flexibility index (Phi) is 4.37. The smallest absolute Gasteiger partial charge is 0.237 e. The van der Waals surface area contributed by atoms with Crippen LogP contribution < -0.4 is 0 Å². The number of carbonyl (C=O) groups excluding carboxylic acids is 1. The van der Waals surface area contributed by atoms with E-state index in [-0.39, 0.29) is 11.9 Å². The normalized spacial score (nSPS) is 21.3. The number of thiophene rings is 1. The minimum Gasteiger partial charge on any atom is -0.340 e. The molecule has 24 heavy (non-hydrogen) atoms. The maximum Gasteiger partial charge on any atom is 0.237 e. The van der Waals surface area contributed by atoms with E-state index in [1.165, 1.54) is 5.56 Å². The SMILES string of the molecule is Cc1nc(C2CCCN2CC(=O)N(Cc2ccsc2)C2CC2)no1. The highest BCUT2D eigenvalue weighted by atomic mass is 32.1. The first-order chi connectivity index (χ1) is 11.7. The van der Waals surface area contributed by atoms with Gasteiger partial charge in [-0.1, -0.05) is 5.16 Å². The summed E-state index contributed by atoms with van der Waals surface area (Å²) in [6, 6.07) is 2.63. The zero-order chi connectivity index (χ0) is 16.5. The maximum absolute atomic E-state index is 12.9.